The van der Waals surface area contributed by atoms with Crippen molar-refractivity contribution in [3.05, 3.63) is 65.2 Å². The third-order valence-corrected chi connectivity index (χ3v) is 7.37. The van der Waals surface area contributed by atoms with E-state index < -0.39 is 5.60 Å². The summed E-state index contributed by atoms with van der Waals surface area (Å²) in [5.41, 5.74) is 10.7. The van der Waals surface area contributed by atoms with Crippen molar-refractivity contribution in [2.24, 2.45) is 0 Å². The first kappa shape index (κ1) is 17.3. The maximum atomic E-state index is 11.3. The molecule has 0 aromatic heterocycles. The van der Waals surface area contributed by atoms with Gasteiger partial charge in [0.2, 0.25) is 0 Å². The van der Waals surface area contributed by atoms with Gasteiger partial charge >= 0.3 is 0 Å². The van der Waals surface area contributed by atoms with E-state index >= 15 is 0 Å². The van der Waals surface area contributed by atoms with Crippen LogP contribution in [-0.4, -0.2) is 34.7 Å². The Kier molecular flexibility index (Phi) is 4.06. The van der Waals surface area contributed by atoms with Crippen molar-refractivity contribution < 1.29 is 5.11 Å². The standard InChI is InChI=1S/C24H30N2O/c25-21-8-3-7-20(13-21)23-10-4-9-22(16-23)26(12-11-23)17-24(27)14-18-5-1-2-6-19(18)15-24/h1-3,5-8,13,22,27H,4,9-12,14-17,25H2. The fourth-order valence-electron chi connectivity index (χ4n) is 6.06. The number of anilines is 1. The van der Waals surface area contributed by atoms with Crippen LogP contribution < -0.4 is 5.73 Å². The summed E-state index contributed by atoms with van der Waals surface area (Å²) in [4.78, 5) is 2.59. The van der Waals surface area contributed by atoms with Crippen LogP contribution >= 0.6 is 0 Å². The number of aliphatic hydroxyl groups is 1. The zero-order valence-electron chi connectivity index (χ0n) is 16.0. The summed E-state index contributed by atoms with van der Waals surface area (Å²) in [6.45, 7) is 1.89. The van der Waals surface area contributed by atoms with Crippen molar-refractivity contribution in [3.63, 3.8) is 0 Å². The summed E-state index contributed by atoms with van der Waals surface area (Å²) in [7, 11) is 0. The molecule has 2 atom stereocenters. The number of piperidine rings is 1. The molecule has 2 aliphatic carbocycles. The number of hydrogen-bond acceptors (Lipinski definition) is 3. The molecule has 3 N–H and O–H groups in total. The minimum Gasteiger partial charge on any atom is -0.399 e. The first-order valence-electron chi connectivity index (χ1n) is 10.4. The predicted octanol–water partition coefficient (Wildman–Crippen LogP) is 3.68. The molecular formula is C24H30N2O. The lowest BCUT2D eigenvalue weighted by molar-refractivity contribution is -0.0328. The van der Waals surface area contributed by atoms with E-state index in [0.29, 0.717) is 6.04 Å². The number of nitrogens with two attached hydrogens (primary N) is 1. The summed E-state index contributed by atoms with van der Waals surface area (Å²) in [6.07, 6.45) is 7.78. The van der Waals surface area contributed by atoms with Crippen molar-refractivity contribution in [1.29, 1.82) is 0 Å². The number of likely N-dealkylation sites (tertiary alicyclic amines) is 1. The van der Waals surface area contributed by atoms with Gasteiger partial charge in [-0.25, -0.2) is 0 Å². The molecule has 27 heavy (non-hydrogen) atoms. The molecule has 2 fully saturated rings. The summed E-state index contributed by atoms with van der Waals surface area (Å²) < 4.78 is 0. The Morgan fingerprint density at radius 3 is 2.56 bits per heavy atom. The molecule has 2 aromatic carbocycles. The van der Waals surface area contributed by atoms with Crippen LogP contribution in [0, 0.1) is 0 Å². The Labute approximate surface area is 162 Å². The van der Waals surface area contributed by atoms with E-state index in [0.717, 1.165) is 31.6 Å². The largest absolute Gasteiger partial charge is 0.399 e. The van der Waals surface area contributed by atoms with Crippen molar-refractivity contribution in [3.8, 4) is 0 Å². The minimum atomic E-state index is -0.599. The van der Waals surface area contributed by atoms with Gasteiger partial charge in [-0.05, 0) is 66.5 Å². The Bertz CT molecular complexity index is 823. The van der Waals surface area contributed by atoms with Crippen LogP contribution in [0.25, 0.3) is 0 Å². The molecule has 1 aliphatic heterocycles. The molecule has 1 heterocycles. The average molecular weight is 363 g/mol. The summed E-state index contributed by atoms with van der Waals surface area (Å²) in [6, 6.07) is 17.7. The van der Waals surface area contributed by atoms with E-state index in [4.69, 9.17) is 5.73 Å². The lowest BCUT2D eigenvalue weighted by Gasteiger charge is -2.52. The predicted molar refractivity (Wildman–Crippen MR) is 110 cm³/mol. The van der Waals surface area contributed by atoms with Crippen LogP contribution in [0.2, 0.25) is 0 Å². The lowest BCUT2D eigenvalue weighted by Crippen LogP contribution is -2.56. The normalized spacial score (nSPS) is 29.4. The van der Waals surface area contributed by atoms with Crippen LogP contribution in [0.4, 0.5) is 5.69 Å². The minimum absolute atomic E-state index is 0.288. The van der Waals surface area contributed by atoms with E-state index in [1.165, 1.54) is 48.8 Å². The van der Waals surface area contributed by atoms with Crippen LogP contribution in [0.3, 0.4) is 0 Å². The fourth-order valence-corrected chi connectivity index (χ4v) is 6.06. The smallest absolute Gasteiger partial charge is 0.0854 e. The number of nitrogens with zero attached hydrogens (tertiary/aromatic N) is 1. The summed E-state index contributed by atoms with van der Waals surface area (Å²) in [5, 5.41) is 11.3. The van der Waals surface area contributed by atoms with E-state index in [1.807, 2.05) is 6.07 Å². The van der Waals surface area contributed by atoms with Gasteiger partial charge in [0, 0.05) is 31.1 Å². The van der Waals surface area contributed by atoms with Gasteiger partial charge in [0.25, 0.3) is 0 Å². The topological polar surface area (TPSA) is 49.5 Å². The maximum Gasteiger partial charge on any atom is 0.0854 e. The second-order valence-corrected chi connectivity index (χ2v) is 9.22. The van der Waals surface area contributed by atoms with Gasteiger partial charge in [-0.2, -0.15) is 0 Å². The number of rotatable bonds is 3. The molecule has 3 heteroatoms. The van der Waals surface area contributed by atoms with Crippen molar-refractivity contribution in [2.45, 2.75) is 62.0 Å². The first-order valence-corrected chi connectivity index (χ1v) is 10.4. The molecule has 0 amide bonds. The average Bonchev–Trinajstić information content (AvgIpc) is 3.00. The zero-order chi connectivity index (χ0) is 18.5. The number of β-amino-alcohol motifs (C(OH)–C–C–N with tert-alkyl or cyclic N) is 1. The molecule has 5 rings (SSSR count). The molecule has 3 nitrogen and oxygen atoms in total. The summed E-state index contributed by atoms with van der Waals surface area (Å²) in [5.74, 6) is 0. The van der Waals surface area contributed by atoms with Crippen LogP contribution in [0.5, 0.6) is 0 Å². The molecule has 0 radical (unpaired) electrons. The van der Waals surface area contributed by atoms with Gasteiger partial charge in [0.15, 0.2) is 0 Å². The Hall–Kier alpha value is -1.84. The number of fused-ring (bicyclic) bond motifs is 3. The first-order chi connectivity index (χ1) is 13.1. The van der Waals surface area contributed by atoms with Crippen LogP contribution in [0.1, 0.15) is 48.8 Å². The number of benzene rings is 2. The fraction of sp³-hybridized carbons (Fsp3) is 0.500. The van der Waals surface area contributed by atoms with Crippen molar-refractivity contribution in [1.82, 2.24) is 4.90 Å². The SMILES string of the molecule is Nc1cccc(C23CCCC(C2)N(CC2(O)Cc4ccccc4C2)CC3)c1. The highest BCUT2D eigenvalue weighted by Crippen LogP contribution is 2.48. The third-order valence-electron chi connectivity index (χ3n) is 7.37. The highest BCUT2D eigenvalue weighted by molar-refractivity contribution is 5.44. The van der Waals surface area contributed by atoms with Gasteiger partial charge < -0.3 is 10.8 Å². The second kappa shape index (κ2) is 6.35. The monoisotopic (exact) mass is 362 g/mol. The summed E-state index contributed by atoms with van der Waals surface area (Å²) >= 11 is 0. The van der Waals surface area contributed by atoms with Gasteiger partial charge in [0.05, 0.1) is 5.60 Å². The molecular weight excluding hydrogens is 332 g/mol. The van der Waals surface area contributed by atoms with Crippen LogP contribution in [0.15, 0.2) is 48.5 Å². The van der Waals surface area contributed by atoms with E-state index in [9.17, 15) is 5.11 Å². The van der Waals surface area contributed by atoms with E-state index in [-0.39, 0.29) is 5.41 Å². The quantitative estimate of drug-likeness (QED) is 0.819. The zero-order valence-corrected chi connectivity index (χ0v) is 16.0. The molecule has 142 valence electrons. The van der Waals surface area contributed by atoms with Gasteiger partial charge in [-0.1, -0.05) is 42.8 Å². The third kappa shape index (κ3) is 3.07. The van der Waals surface area contributed by atoms with Crippen LogP contribution in [-0.2, 0) is 18.3 Å². The van der Waals surface area contributed by atoms with Gasteiger partial charge in [-0.15, -0.1) is 0 Å². The van der Waals surface area contributed by atoms with Crippen molar-refractivity contribution >= 4 is 5.69 Å². The molecule has 1 saturated carbocycles. The van der Waals surface area contributed by atoms with E-state index in [2.05, 4.69) is 47.4 Å². The molecule has 0 spiro atoms. The number of hydrogen-bond donors (Lipinski definition) is 2. The molecule has 1 saturated heterocycles. The highest BCUT2D eigenvalue weighted by atomic mass is 16.3. The van der Waals surface area contributed by atoms with Gasteiger partial charge in [0.1, 0.15) is 0 Å². The van der Waals surface area contributed by atoms with Gasteiger partial charge in [-0.3, -0.25) is 4.90 Å². The molecule has 2 aromatic rings. The maximum absolute atomic E-state index is 11.3. The Morgan fingerprint density at radius 1 is 1.04 bits per heavy atom. The highest BCUT2D eigenvalue weighted by Gasteiger charge is 2.46. The Balaban J connectivity index is 1.33. The van der Waals surface area contributed by atoms with Crippen molar-refractivity contribution in [2.75, 3.05) is 18.8 Å². The molecule has 2 unspecified atom stereocenters. The molecule has 2 bridgehead atoms. The number of nitrogen functional groups attached to an aromatic ring is 1. The molecule has 3 aliphatic rings. The second-order valence-electron chi connectivity index (χ2n) is 9.22. The van der Waals surface area contributed by atoms with E-state index in [1.54, 1.807) is 0 Å². The Morgan fingerprint density at radius 2 is 1.81 bits per heavy atom. The lowest BCUT2D eigenvalue weighted by atomic mass is 9.63.